The van der Waals surface area contributed by atoms with Crippen molar-refractivity contribution >= 4 is 27.7 Å². The average molecular weight is 354 g/mol. The first-order valence-electron chi connectivity index (χ1n) is 6.17. The van der Waals surface area contributed by atoms with Crippen LogP contribution in [0.5, 0.6) is 0 Å². The summed E-state index contributed by atoms with van der Waals surface area (Å²) in [7, 11) is 1.64. The molecule has 2 rings (SSSR count). The van der Waals surface area contributed by atoms with E-state index in [1.165, 1.54) is 23.6 Å². The molecule has 6 heteroatoms. The van der Waals surface area contributed by atoms with Crippen molar-refractivity contribution in [3.8, 4) is 0 Å². The molecular weight excluding hydrogens is 341 g/mol. The second-order valence-corrected chi connectivity index (χ2v) is 5.51. The number of nitrogens with zero attached hydrogens (tertiary/aromatic N) is 1. The maximum Gasteiger partial charge on any atom is 0.355 e. The molecule has 0 aliphatic rings. The molecule has 1 heterocycles. The van der Waals surface area contributed by atoms with Gasteiger partial charge in [-0.2, -0.15) is 0 Å². The van der Waals surface area contributed by atoms with E-state index < -0.39 is 11.8 Å². The van der Waals surface area contributed by atoms with E-state index in [2.05, 4.69) is 15.9 Å². The quantitative estimate of drug-likeness (QED) is 0.624. The van der Waals surface area contributed by atoms with Crippen molar-refractivity contribution in [2.45, 2.75) is 13.5 Å². The molecule has 2 aromatic rings. The zero-order chi connectivity index (χ0) is 15.6. The van der Waals surface area contributed by atoms with Gasteiger partial charge in [0.15, 0.2) is 5.78 Å². The Hall–Kier alpha value is -1.95. The van der Waals surface area contributed by atoms with Crippen LogP contribution in [0.3, 0.4) is 0 Å². The average Bonchev–Trinajstić information content (AvgIpc) is 2.80. The molecule has 4 nitrogen and oxygen atoms in total. The van der Waals surface area contributed by atoms with Crippen LogP contribution in [0.4, 0.5) is 4.39 Å². The zero-order valence-electron chi connectivity index (χ0n) is 11.5. The fraction of sp³-hybridized carbons (Fsp3) is 0.200. The van der Waals surface area contributed by atoms with Crippen LogP contribution in [0.1, 0.15) is 33.3 Å². The Bertz CT molecular complexity index is 709. The van der Waals surface area contributed by atoms with Gasteiger partial charge in [0.25, 0.3) is 0 Å². The maximum atomic E-state index is 13.6. The molecular formula is C15H13BrFNO3. The Balaban J connectivity index is 2.10. The van der Waals surface area contributed by atoms with Crippen molar-refractivity contribution in [3.63, 3.8) is 0 Å². The molecule has 0 saturated heterocycles. The summed E-state index contributed by atoms with van der Waals surface area (Å²) in [6, 6.07) is 5.98. The third kappa shape index (κ3) is 3.58. The van der Waals surface area contributed by atoms with Gasteiger partial charge in [0.1, 0.15) is 18.1 Å². The second-order valence-electron chi connectivity index (χ2n) is 4.59. The molecule has 0 unspecified atom stereocenters. The molecule has 0 aliphatic heterocycles. The van der Waals surface area contributed by atoms with Gasteiger partial charge in [-0.25, -0.2) is 9.18 Å². The smallest absolute Gasteiger partial charge is 0.355 e. The molecule has 0 bridgehead atoms. The van der Waals surface area contributed by atoms with Crippen LogP contribution in [-0.4, -0.2) is 16.3 Å². The molecule has 0 atom stereocenters. The summed E-state index contributed by atoms with van der Waals surface area (Å²) in [6.07, 6.45) is 1.55. The van der Waals surface area contributed by atoms with Gasteiger partial charge in [0, 0.05) is 28.8 Å². The Labute approximate surface area is 129 Å². The maximum absolute atomic E-state index is 13.6. The van der Waals surface area contributed by atoms with E-state index in [1.807, 2.05) is 0 Å². The van der Waals surface area contributed by atoms with Crippen LogP contribution in [0.15, 0.2) is 34.9 Å². The van der Waals surface area contributed by atoms with Gasteiger partial charge in [-0.3, -0.25) is 4.79 Å². The predicted octanol–water partition coefficient (Wildman–Crippen LogP) is 3.49. The predicted molar refractivity (Wildman–Crippen MR) is 78.6 cm³/mol. The van der Waals surface area contributed by atoms with Crippen molar-refractivity contribution in [1.82, 2.24) is 4.57 Å². The summed E-state index contributed by atoms with van der Waals surface area (Å²) in [4.78, 5) is 23.2. The van der Waals surface area contributed by atoms with Crippen LogP contribution in [0.2, 0.25) is 0 Å². The fourth-order valence-corrected chi connectivity index (χ4v) is 2.15. The highest BCUT2D eigenvalue weighted by Gasteiger charge is 2.16. The zero-order valence-corrected chi connectivity index (χ0v) is 13.1. The minimum absolute atomic E-state index is 0.136. The van der Waals surface area contributed by atoms with E-state index in [-0.39, 0.29) is 23.6 Å². The van der Waals surface area contributed by atoms with Gasteiger partial charge in [-0.1, -0.05) is 22.0 Å². The molecule has 0 aliphatic carbocycles. The van der Waals surface area contributed by atoms with Crippen LogP contribution < -0.4 is 0 Å². The largest absolute Gasteiger partial charge is 0.456 e. The van der Waals surface area contributed by atoms with Gasteiger partial charge in [-0.05, 0) is 25.1 Å². The minimum atomic E-state index is -0.604. The molecule has 0 amide bonds. The summed E-state index contributed by atoms with van der Waals surface area (Å²) in [6.45, 7) is 1.25. The third-order valence-corrected chi connectivity index (χ3v) is 3.49. The molecule has 21 heavy (non-hydrogen) atoms. The summed E-state index contributed by atoms with van der Waals surface area (Å²) in [5, 5.41) is 0. The normalized spacial score (nSPS) is 10.5. The molecule has 0 fully saturated rings. The van der Waals surface area contributed by atoms with Crippen LogP contribution in [-0.2, 0) is 18.4 Å². The molecule has 0 spiro atoms. The van der Waals surface area contributed by atoms with Gasteiger partial charge in [0.05, 0.1) is 0 Å². The first-order chi connectivity index (χ1) is 9.88. The Morgan fingerprint density at radius 2 is 2.05 bits per heavy atom. The summed E-state index contributed by atoms with van der Waals surface area (Å²) < 4.78 is 20.8. The number of halogens is 2. The summed E-state index contributed by atoms with van der Waals surface area (Å²) in [5.41, 5.74) is 0.963. The SMILES string of the molecule is CC(=O)c1cc(C(=O)OCc2ccc(Br)cc2F)n(C)c1. The van der Waals surface area contributed by atoms with E-state index in [0.29, 0.717) is 10.0 Å². The number of aromatic nitrogens is 1. The summed E-state index contributed by atoms with van der Waals surface area (Å²) >= 11 is 3.16. The van der Waals surface area contributed by atoms with E-state index in [4.69, 9.17) is 4.74 Å². The topological polar surface area (TPSA) is 48.3 Å². The number of Topliss-reactive ketones (excluding diaryl/α,β-unsaturated/α-hetero) is 1. The molecule has 110 valence electrons. The van der Waals surface area contributed by atoms with Crippen molar-refractivity contribution in [2.24, 2.45) is 7.05 Å². The Morgan fingerprint density at radius 1 is 1.33 bits per heavy atom. The molecule has 0 saturated carbocycles. The number of carbonyl (C=O) groups excluding carboxylic acids is 2. The number of benzene rings is 1. The third-order valence-electron chi connectivity index (χ3n) is 2.99. The number of aryl methyl sites for hydroxylation is 1. The number of esters is 1. The van der Waals surface area contributed by atoms with Gasteiger partial charge < -0.3 is 9.30 Å². The lowest BCUT2D eigenvalue weighted by Gasteiger charge is -2.06. The van der Waals surface area contributed by atoms with Gasteiger partial charge >= 0.3 is 5.97 Å². The van der Waals surface area contributed by atoms with Crippen molar-refractivity contribution in [2.75, 3.05) is 0 Å². The second kappa shape index (κ2) is 6.22. The van der Waals surface area contributed by atoms with Gasteiger partial charge in [-0.15, -0.1) is 0 Å². The molecule has 1 aromatic heterocycles. The fourth-order valence-electron chi connectivity index (χ4n) is 1.82. The highest BCUT2D eigenvalue weighted by Crippen LogP contribution is 2.17. The van der Waals surface area contributed by atoms with Crippen molar-refractivity contribution in [1.29, 1.82) is 0 Å². The van der Waals surface area contributed by atoms with Crippen LogP contribution in [0.25, 0.3) is 0 Å². The lowest BCUT2D eigenvalue weighted by atomic mass is 10.2. The molecule has 1 aromatic carbocycles. The van der Waals surface area contributed by atoms with E-state index in [9.17, 15) is 14.0 Å². The first kappa shape index (κ1) is 15.4. The standard InChI is InChI=1S/C15H13BrFNO3/c1-9(19)11-5-14(18(2)7-11)15(20)21-8-10-3-4-12(16)6-13(10)17/h3-7H,8H2,1-2H3. The van der Waals surface area contributed by atoms with Gasteiger partial charge in [0.2, 0.25) is 0 Å². The minimum Gasteiger partial charge on any atom is -0.456 e. The number of hydrogen-bond donors (Lipinski definition) is 0. The van der Waals surface area contributed by atoms with E-state index >= 15 is 0 Å². The number of carbonyl (C=O) groups is 2. The highest BCUT2D eigenvalue weighted by atomic mass is 79.9. The van der Waals surface area contributed by atoms with Crippen LogP contribution in [0, 0.1) is 5.82 Å². The number of ketones is 1. The first-order valence-corrected chi connectivity index (χ1v) is 6.96. The molecule has 0 radical (unpaired) electrons. The molecule has 0 N–H and O–H groups in total. The van der Waals surface area contributed by atoms with Crippen LogP contribution >= 0.6 is 15.9 Å². The lowest BCUT2D eigenvalue weighted by Crippen LogP contribution is -2.10. The Kier molecular flexibility index (Phi) is 4.57. The number of hydrogen-bond acceptors (Lipinski definition) is 3. The van der Waals surface area contributed by atoms with E-state index in [1.54, 1.807) is 25.4 Å². The monoisotopic (exact) mass is 353 g/mol. The number of ether oxygens (including phenoxy) is 1. The van der Waals surface area contributed by atoms with Crippen molar-refractivity contribution in [3.05, 3.63) is 57.6 Å². The summed E-state index contributed by atoms with van der Waals surface area (Å²) in [5.74, 6) is -1.19. The Morgan fingerprint density at radius 3 is 2.62 bits per heavy atom. The van der Waals surface area contributed by atoms with E-state index in [0.717, 1.165) is 0 Å². The highest BCUT2D eigenvalue weighted by molar-refractivity contribution is 9.10. The number of rotatable bonds is 4. The van der Waals surface area contributed by atoms with Crippen molar-refractivity contribution < 1.29 is 18.7 Å². The lowest BCUT2D eigenvalue weighted by molar-refractivity contribution is 0.0457.